The molecule has 2 fully saturated rings. The molecule has 2 N–H and O–H groups in total. The molecule has 6 heteroatoms. The van der Waals surface area contributed by atoms with E-state index in [-0.39, 0.29) is 12.5 Å². The van der Waals surface area contributed by atoms with Crippen LogP contribution in [0.2, 0.25) is 0 Å². The Morgan fingerprint density at radius 1 is 1.11 bits per heavy atom. The molecule has 0 atom stereocenters. The minimum Gasteiger partial charge on any atom is -0.490 e. The number of amides is 1. The van der Waals surface area contributed by atoms with Gasteiger partial charge in [-0.05, 0) is 56.7 Å². The Morgan fingerprint density at radius 3 is 2.57 bits per heavy atom. The van der Waals surface area contributed by atoms with Crippen molar-refractivity contribution in [2.75, 3.05) is 32.8 Å². The van der Waals surface area contributed by atoms with Crippen LogP contribution in [0, 0.1) is 0 Å². The van der Waals surface area contributed by atoms with E-state index in [4.69, 9.17) is 9.47 Å². The number of nitrogens with zero attached hydrogens (tertiary/aromatic N) is 1. The van der Waals surface area contributed by atoms with Crippen LogP contribution in [-0.4, -0.2) is 54.4 Å². The highest BCUT2D eigenvalue weighted by Gasteiger charge is 2.30. The summed E-state index contributed by atoms with van der Waals surface area (Å²) in [5, 5.41) is 13.8. The van der Waals surface area contributed by atoms with Crippen LogP contribution in [-0.2, 0) is 11.3 Å². The monoisotopic (exact) mass is 390 g/mol. The van der Waals surface area contributed by atoms with Gasteiger partial charge in [0.05, 0.1) is 12.2 Å². The number of likely N-dealkylation sites (tertiary alicyclic amines) is 1. The molecular formula is C22H34N2O4. The maximum absolute atomic E-state index is 12.3. The number of benzene rings is 1. The summed E-state index contributed by atoms with van der Waals surface area (Å²) in [5.74, 6) is 1.30. The number of carbonyl (C=O) groups excluding carboxylic acids is 1. The van der Waals surface area contributed by atoms with Crippen molar-refractivity contribution < 1.29 is 19.4 Å². The number of hydrogen-bond acceptors (Lipinski definition) is 5. The summed E-state index contributed by atoms with van der Waals surface area (Å²) in [6, 6.07) is 5.81. The maximum Gasteiger partial charge on any atom is 0.260 e. The van der Waals surface area contributed by atoms with Gasteiger partial charge in [0, 0.05) is 26.2 Å². The smallest absolute Gasteiger partial charge is 0.260 e. The van der Waals surface area contributed by atoms with Crippen molar-refractivity contribution in [3.05, 3.63) is 23.8 Å². The maximum atomic E-state index is 12.3. The van der Waals surface area contributed by atoms with E-state index in [2.05, 4.69) is 5.32 Å². The van der Waals surface area contributed by atoms with Crippen molar-refractivity contribution in [2.45, 2.75) is 64.0 Å². The highest BCUT2D eigenvalue weighted by Crippen LogP contribution is 2.30. The summed E-state index contributed by atoms with van der Waals surface area (Å²) < 4.78 is 11.5. The lowest BCUT2D eigenvalue weighted by molar-refractivity contribution is -0.134. The zero-order valence-corrected chi connectivity index (χ0v) is 17.0. The highest BCUT2D eigenvalue weighted by molar-refractivity contribution is 5.78. The molecule has 1 aromatic rings. The van der Waals surface area contributed by atoms with Gasteiger partial charge in [-0.25, -0.2) is 0 Å². The first-order valence-electron chi connectivity index (χ1n) is 10.7. The van der Waals surface area contributed by atoms with Gasteiger partial charge in [0.15, 0.2) is 18.1 Å². The second kappa shape index (κ2) is 10.1. The van der Waals surface area contributed by atoms with Gasteiger partial charge in [0.1, 0.15) is 0 Å². The molecule has 0 spiro atoms. The molecule has 156 valence electrons. The van der Waals surface area contributed by atoms with Gasteiger partial charge in [0.2, 0.25) is 0 Å². The largest absolute Gasteiger partial charge is 0.490 e. The molecule has 3 rings (SSSR count). The van der Waals surface area contributed by atoms with E-state index < -0.39 is 5.60 Å². The Bertz CT molecular complexity index is 637. The number of rotatable bonds is 9. The molecule has 28 heavy (non-hydrogen) atoms. The Hall–Kier alpha value is -1.79. The molecule has 1 heterocycles. The standard InChI is InChI=1S/C22H34N2O4/c1-2-27-20-14-18(15-23-17-22(26)10-4-5-11-22)8-9-19(20)28-16-21(25)24-12-6-3-7-13-24/h8-9,14,23,26H,2-7,10-13,15-17H2,1H3. The van der Waals surface area contributed by atoms with Crippen LogP contribution in [0.4, 0.5) is 0 Å². The molecule has 0 radical (unpaired) electrons. The molecule has 1 aliphatic carbocycles. The van der Waals surface area contributed by atoms with Crippen LogP contribution in [0.3, 0.4) is 0 Å². The minimum atomic E-state index is -0.555. The SMILES string of the molecule is CCOc1cc(CNCC2(O)CCCC2)ccc1OCC(=O)N1CCCCC1. The van der Waals surface area contributed by atoms with Crippen LogP contribution < -0.4 is 14.8 Å². The summed E-state index contributed by atoms with van der Waals surface area (Å²) in [4.78, 5) is 14.2. The Morgan fingerprint density at radius 2 is 1.86 bits per heavy atom. The zero-order chi connectivity index (χ0) is 19.8. The molecule has 0 aromatic heterocycles. The molecule has 0 unspecified atom stereocenters. The summed E-state index contributed by atoms with van der Waals surface area (Å²) >= 11 is 0. The quantitative estimate of drug-likeness (QED) is 0.678. The molecule has 1 amide bonds. The van der Waals surface area contributed by atoms with Crippen molar-refractivity contribution in [1.29, 1.82) is 0 Å². The predicted octanol–water partition coefficient (Wildman–Crippen LogP) is 2.87. The highest BCUT2D eigenvalue weighted by atomic mass is 16.5. The van der Waals surface area contributed by atoms with Gasteiger partial charge in [-0.15, -0.1) is 0 Å². The third-order valence-corrected chi connectivity index (χ3v) is 5.69. The lowest BCUT2D eigenvalue weighted by atomic mass is 10.0. The third kappa shape index (κ3) is 5.85. The van der Waals surface area contributed by atoms with Crippen LogP contribution in [0.15, 0.2) is 18.2 Å². The second-order valence-electron chi connectivity index (χ2n) is 7.98. The Kier molecular flexibility index (Phi) is 7.57. The Balaban J connectivity index is 1.53. The van der Waals surface area contributed by atoms with E-state index in [0.717, 1.165) is 57.2 Å². The van der Waals surface area contributed by atoms with E-state index in [9.17, 15) is 9.90 Å². The fourth-order valence-electron chi connectivity index (χ4n) is 4.07. The number of carbonyl (C=O) groups is 1. The second-order valence-corrected chi connectivity index (χ2v) is 7.98. The lowest BCUT2D eigenvalue weighted by Gasteiger charge is -2.26. The summed E-state index contributed by atoms with van der Waals surface area (Å²) in [6.45, 7) is 5.45. The third-order valence-electron chi connectivity index (χ3n) is 5.69. The zero-order valence-electron chi connectivity index (χ0n) is 17.0. The van der Waals surface area contributed by atoms with Crippen molar-refractivity contribution in [3.8, 4) is 11.5 Å². The Labute approximate surface area is 168 Å². The molecule has 1 saturated heterocycles. The van der Waals surface area contributed by atoms with Crippen molar-refractivity contribution in [2.24, 2.45) is 0 Å². The van der Waals surface area contributed by atoms with E-state index >= 15 is 0 Å². The van der Waals surface area contributed by atoms with E-state index in [1.54, 1.807) is 0 Å². The molecular weight excluding hydrogens is 356 g/mol. The van der Waals surface area contributed by atoms with Gasteiger partial charge < -0.3 is 24.8 Å². The van der Waals surface area contributed by atoms with Gasteiger partial charge in [-0.2, -0.15) is 0 Å². The van der Waals surface area contributed by atoms with Crippen LogP contribution in [0.1, 0.15) is 57.4 Å². The number of aliphatic hydroxyl groups is 1. The van der Waals surface area contributed by atoms with Gasteiger partial charge in [0.25, 0.3) is 5.91 Å². The van der Waals surface area contributed by atoms with Crippen LogP contribution in [0.25, 0.3) is 0 Å². The first-order valence-corrected chi connectivity index (χ1v) is 10.7. The first kappa shape index (κ1) is 20.9. The first-order chi connectivity index (χ1) is 13.6. The summed E-state index contributed by atoms with van der Waals surface area (Å²) in [7, 11) is 0. The molecule has 2 aliphatic rings. The van der Waals surface area contributed by atoms with Crippen molar-refractivity contribution in [1.82, 2.24) is 10.2 Å². The normalized spacial score (nSPS) is 18.9. The van der Waals surface area contributed by atoms with E-state index in [1.165, 1.54) is 6.42 Å². The summed E-state index contributed by atoms with van der Waals surface area (Å²) in [6.07, 6.45) is 7.32. The molecule has 0 bridgehead atoms. The fourth-order valence-corrected chi connectivity index (χ4v) is 4.07. The molecule has 1 aromatic carbocycles. The number of nitrogens with one attached hydrogen (secondary N) is 1. The average molecular weight is 391 g/mol. The van der Waals surface area contributed by atoms with Gasteiger partial charge >= 0.3 is 0 Å². The number of piperidine rings is 1. The van der Waals surface area contributed by atoms with Crippen LogP contribution >= 0.6 is 0 Å². The molecule has 6 nitrogen and oxygen atoms in total. The topological polar surface area (TPSA) is 71.0 Å². The van der Waals surface area contributed by atoms with Crippen molar-refractivity contribution >= 4 is 5.91 Å². The van der Waals surface area contributed by atoms with Crippen molar-refractivity contribution in [3.63, 3.8) is 0 Å². The van der Waals surface area contributed by atoms with Gasteiger partial charge in [-0.1, -0.05) is 18.9 Å². The minimum absolute atomic E-state index is 0.0395. The van der Waals surface area contributed by atoms with Crippen LogP contribution in [0.5, 0.6) is 11.5 Å². The molecule has 1 saturated carbocycles. The number of hydrogen-bond donors (Lipinski definition) is 2. The van der Waals surface area contributed by atoms with E-state index in [0.29, 0.717) is 31.2 Å². The van der Waals surface area contributed by atoms with E-state index in [1.807, 2.05) is 30.0 Å². The predicted molar refractivity (Wildman–Crippen MR) is 109 cm³/mol. The number of ether oxygens (including phenoxy) is 2. The summed E-state index contributed by atoms with van der Waals surface area (Å²) in [5.41, 5.74) is 0.514. The lowest BCUT2D eigenvalue weighted by Crippen LogP contribution is -2.38. The average Bonchev–Trinajstić information content (AvgIpc) is 3.14. The fraction of sp³-hybridized carbons (Fsp3) is 0.682. The van der Waals surface area contributed by atoms with Gasteiger partial charge in [-0.3, -0.25) is 4.79 Å². The molecule has 1 aliphatic heterocycles.